The van der Waals surface area contributed by atoms with Crippen molar-refractivity contribution >= 4 is 5.65 Å². The average Bonchev–Trinajstić information content (AvgIpc) is 2.94. The van der Waals surface area contributed by atoms with Crippen molar-refractivity contribution in [3.8, 4) is 17.3 Å². The van der Waals surface area contributed by atoms with Crippen molar-refractivity contribution in [2.24, 2.45) is 0 Å². The minimum absolute atomic E-state index is 0.0635. The SMILES string of the molecule is Cc1cc(-c2cc(C(F)(F)F)n3cnc(C#N)c3n2)ccc1C(F)(F)F. The topological polar surface area (TPSA) is 54.0 Å². The molecule has 0 N–H and O–H groups in total. The first-order chi connectivity index (χ1) is 12.0. The molecule has 0 saturated heterocycles. The second-order valence-electron chi connectivity index (χ2n) is 5.45. The van der Waals surface area contributed by atoms with E-state index in [0.29, 0.717) is 10.5 Å². The summed E-state index contributed by atoms with van der Waals surface area (Å²) >= 11 is 0. The fraction of sp³-hybridized carbons (Fsp3) is 0.188. The lowest BCUT2D eigenvalue weighted by molar-refractivity contribution is -0.142. The van der Waals surface area contributed by atoms with Gasteiger partial charge in [0.15, 0.2) is 11.3 Å². The number of nitriles is 1. The number of nitrogens with zero attached hydrogens (tertiary/aromatic N) is 4. The standard InChI is InChI=1S/C16H8F6N4/c1-8-4-9(2-3-10(8)15(17,18)19)11-5-13(16(20,21)22)26-7-24-12(6-23)14(26)25-11/h2-5,7H,1H3. The summed E-state index contributed by atoms with van der Waals surface area (Å²) in [6.45, 7) is 1.20. The highest BCUT2D eigenvalue weighted by atomic mass is 19.4. The molecule has 2 heterocycles. The number of benzene rings is 1. The maximum Gasteiger partial charge on any atom is 0.431 e. The summed E-state index contributed by atoms with van der Waals surface area (Å²) in [6.07, 6.45) is -8.52. The molecule has 0 atom stereocenters. The quantitative estimate of drug-likeness (QED) is 0.588. The predicted octanol–water partition coefficient (Wildman–Crippen LogP) is 4.61. The van der Waals surface area contributed by atoms with E-state index in [0.717, 1.165) is 24.5 Å². The molecule has 0 radical (unpaired) electrons. The number of hydrogen-bond donors (Lipinski definition) is 0. The second-order valence-corrected chi connectivity index (χ2v) is 5.45. The second kappa shape index (κ2) is 5.72. The summed E-state index contributed by atoms with van der Waals surface area (Å²) in [5.74, 6) is 0. The molecule has 3 rings (SSSR count). The third-order valence-corrected chi connectivity index (χ3v) is 3.73. The van der Waals surface area contributed by atoms with E-state index in [9.17, 15) is 26.3 Å². The van der Waals surface area contributed by atoms with Crippen molar-refractivity contribution < 1.29 is 26.3 Å². The summed E-state index contributed by atoms with van der Waals surface area (Å²) in [6, 6.07) is 5.27. The number of halogens is 6. The molecule has 0 fully saturated rings. The maximum atomic E-state index is 13.3. The van der Waals surface area contributed by atoms with E-state index in [1.54, 1.807) is 6.07 Å². The smallest absolute Gasteiger partial charge is 0.278 e. The Morgan fingerprint density at radius 2 is 1.73 bits per heavy atom. The highest BCUT2D eigenvalue weighted by Gasteiger charge is 2.35. The third kappa shape index (κ3) is 2.96. The molecule has 0 amide bonds. The summed E-state index contributed by atoms with van der Waals surface area (Å²) in [5.41, 5.74) is -2.97. The van der Waals surface area contributed by atoms with Gasteiger partial charge in [-0.05, 0) is 30.7 Å². The Morgan fingerprint density at radius 3 is 2.27 bits per heavy atom. The fourth-order valence-corrected chi connectivity index (χ4v) is 2.56. The van der Waals surface area contributed by atoms with Gasteiger partial charge in [-0.15, -0.1) is 0 Å². The van der Waals surface area contributed by atoms with Crippen LogP contribution in [-0.4, -0.2) is 14.4 Å². The van der Waals surface area contributed by atoms with Crippen molar-refractivity contribution in [1.82, 2.24) is 14.4 Å². The van der Waals surface area contributed by atoms with Gasteiger partial charge in [-0.2, -0.15) is 31.6 Å². The van der Waals surface area contributed by atoms with Crippen molar-refractivity contribution in [2.75, 3.05) is 0 Å². The van der Waals surface area contributed by atoms with E-state index in [1.807, 2.05) is 0 Å². The van der Waals surface area contributed by atoms with Gasteiger partial charge in [-0.3, -0.25) is 4.40 Å². The largest absolute Gasteiger partial charge is 0.431 e. The van der Waals surface area contributed by atoms with E-state index in [2.05, 4.69) is 9.97 Å². The van der Waals surface area contributed by atoms with Crippen LogP contribution >= 0.6 is 0 Å². The highest BCUT2D eigenvalue weighted by Crippen LogP contribution is 2.36. The summed E-state index contributed by atoms with van der Waals surface area (Å²) in [7, 11) is 0. The molecule has 0 spiro atoms. The van der Waals surface area contributed by atoms with Gasteiger partial charge in [0.05, 0.1) is 11.3 Å². The van der Waals surface area contributed by atoms with Gasteiger partial charge in [0.25, 0.3) is 0 Å². The molecule has 0 bridgehead atoms. The lowest BCUT2D eigenvalue weighted by Gasteiger charge is -2.14. The van der Waals surface area contributed by atoms with Crippen LogP contribution in [-0.2, 0) is 12.4 Å². The summed E-state index contributed by atoms with van der Waals surface area (Å²) < 4.78 is 79.1. The molecule has 0 aliphatic rings. The van der Waals surface area contributed by atoms with E-state index >= 15 is 0 Å². The van der Waals surface area contributed by atoms with E-state index in [4.69, 9.17) is 5.26 Å². The van der Waals surface area contributed by atoms with Crippen LogP contribution in [0.1, 0.15) is 22.5 Å². The highest BCUT2D eigenvalue weighted by molar-refractivity contribution is 5.66. The molecular weight excluding hydrogens is 362 g/mol. The first kappa shape index (κ1) is 17.7. The number of imidazole rings is 1. The van der Waals surface area contributed by atoms with Crippen LogP contribution < -0.4 is 0 Å². The molecule has 2 aromatic heterocycles. The Morgan fingerprint density at radius 1 is 1.04 bits per heavy atom. The first-order valence-corrected chi connectivity index (χ1v) is 7.06. The predicted molar refractivity (Wildman–Crippen MR) is 77.9 cm³/mol. The number of alkyl halides is 6. The number of fused-ring (bicyclic) bond motifs is 1. The molecule has 0 aliphatic carbocycles. The maximum absolute atomic E-state index is 13.3. The van der Waals surface area contributed by atoms with Gasteiger partial charge < -0.3 is 0 Å². The number of aryl methyl sites for hydroxylation is 1. The Labute approximate surface area is 142 Å². The Hall–Kier alpha value is -3.09. The van der Waals surface area contributed by atoms with Crippen LogP contribution in [0.4, 0.5) is 26.3 Å². The van der Waals surface area contributed by atoms with Gasteiger partial charge in [-0.1, -0.05) is 6.07 Å². The van der Waals surface area contributed by atoms with Gasteiger partial charge in [0, 0.05) is 5.56 Å². The minimum atomic E-state index is -4.77. The normalized spacial score (nSPS) is 12.4. The molecule has 0 unspecified atom stereocenters. The Balaban J connectivity index is 2.26. The molecule has 3 aromatic rings. The molecule has 10 heteroatoms. The zero-order chi connectivity index (χ0) is 19.3. The van der Waals surface area contributed by atoms with Gasteiger partial charge in [-0.25, -0.2) is 9.97 Å². The molecule has 1 aromatic carbocycles. The summed E-state index contributed by atoms with van der Waals surface area (Å²) in [4.78, 5) is 7.56. The first-order valence-electron chi connectivity index (χ1n) is 7.06. The number of hydrogen-bond acceptors (Lipinski definition) is 3. The van der Waals surface area contributed by atoms with Crippen LogP contribution in [0, 0.1) is 18.3 Å². The lowest BCUT2D eigenvalue weighted by Crippen LogP contribution is -2.12. The molecular formula is C16H8F6N4. The third-order valence-electron chi connectivity index (χ3n) is 3.73. The zero-order valence-electron chi connectivity index (χ0n) is 12.9. The molecule has 0 saturated carbocycles. The van der Waals surface area contributed by atoms with Crippen LogP contribution in [0.25, 0.3) is 16.9 Å². The molecule has 4 nitrogen and oxygen atoms in total. The number of rotatable bonds is 1. The van der Waals surface area contributed by atoms with Gasteiger partial charge in [0.1, 0.15) is 18.1 Å². The minimum Gasteiger partial charge on any atom is -0.278 e. The Bertz CT molecular complexity index is 1040. The van der Waals surface area contributed by atoms with Crippen LogP contribution in [0.2, 0.25) is 0 Å². The van der Waals surface area contributed by atoms with Crippen LogP contribution in [0.5, 0.6) is 0 Å². The number of aromatic nitrogens is 3. The summed E-state index contributed by atoms with van der Waals surface area (Å²) in [5, 5.41) is 8.98. The molecule has 26 heavy (non-hydrogen) atoms. The van der Waals surface area contributed by atoms with Gasteiger partial charge in [0.2, 0.25) is 0 Å². The van der Waals surface area contributed by atoms with Crippen molar-refractivity contribution in [3.05, 3.63) is 53.1 Å². The van der Waals surface area contributed by atoms with E-state index in [-0.39, 0.29) is 28.2 Å². The lowest BCUT2D eigenvalue weighted by atomic mass is 10.0. The monoisotopic (exact) mass is 370 g/mol. The molecule has 134 valence electrons. The van der Waals surface area contributed by atoms with E-state index < -0.39 is 23.6 Å². The van der Waals surface area contributed by atoms with Gasteiger partial charge >= 0.3 is 12.4 Å². The Kier molecular flexibility index (Phi) is 3.90. The average molecular weight is 370 g/mol. The van der Waals surface area contributed by atoms with Crippen molar-refractivity contribution in [3.63, 3.8) is 0 Å². The van der Waals surface area contributed by atoms with E-state index in [1.165, 1.54) is 6.92 Å². The van der Waals surface area contributed by atoms with Crippen LogP contribution in [0.3, 0.4) is 0 Å². The molecule has 0 aliphatic heterocycles. The van der Waals surface area contributed by atoms with Crippen molar-refractivity contribution in [1.29, 1.82) is 5.26 Å². The zero-order valence-corrected chi connectivity index (χ0v) is 12.9. The van der Waals surface area contributed by atoms with Crippen molar-refractivity contribution in [2.45, 2.75) is 19.3 Å². The van der Waals surface area contributed by atoms with Crippen LogP contribution in [0.15, 0.2) is 30.6 Å². The fourth-order valence-electron chi connectivity index (χ4n) is 2.56.